The fourth-order valence-corrected chi connectivity index (χ4v) is 4.34. The Morgan fingerprint density at radius 1 is 1.11 bits per heavy atom. The molecule has 4 nitrogen and oxygen atoms in total. The van der Waals surface area contributed by atoms with Crippen LogP contribution in [0.4, 0.5) is 0 Å². The molecule has 1 atom stereocenters. The monoisotopic (exact) mass is 407 g/mol. The lowest BCUT2D eigenvalue weighted by Crippen LogP contribution is -2.44. The van der Waals surface area contributed by atoms with Crippen molar-refractivity contribution >= 4 is 29.1 Å². The van der Waals surface area contributed by atoms with Crippen LogP contribution in [0.25, 0.3) is 0 Å². The van der Waals surface area contributed by atoms with Crippen LogP contribution in [0, 0.1) is 5.92 Å². The number of benzene rings is 2. The molecular weight excluding hydrogens is 385 g/mol. The Morgan fingerprint density at radius 2 is 1.74 bits per heavy atom. The Balaban J connectivity index is 2.08. The second kappa shape index (κ2) is 8.85. The van der Waals surface area contributed by atoms with Crippen molar-refractivity contribution < 1.29 is 14.3 Å². The van der Waals surface area contributed by atoms with Gasteiger partial charge in [-0.2, -0.15) is 0 Å². The number of nitrogens with zero attached hydrogens (tertiary/aromatic N) is 1. The first-order valence-corrected chi connectivity index (χ1v) is 9.94. The predicted molar refractivity (Wildman–Crippen MR) is 108 cm³/mol. The van der Waals surface area contributed by atoms with E-state index in [1.165, 1.54) is 0 Å². The largest absolute Gasteiger partial charge is 0.493 e. The molecular formula is C21H23Cl2NO3. The zero-order valence-electron chi connectivity index (χ0n) is 15.5. The maximum absolute atomic E-state index is 13.2. The van der Waals surface area contributed by atoms with Crippen LogP contribution in [0.5, 0.6) is 11.5 Å². The van der Waals surface area contributed by atoms with Crippen molar-refractivity contribution in [1.82, 2.24) is 4.90 Å². The topological polar surface area (TPSA) is 38.8 Å². The number of carbonyl (C=O) groups excluding carboxylic acids is 1. The summed E-state index contributed by atoms with van der Waals surface area (Å²) < 4.78 is 10.9. The van der Waals surface area contributed by atoms with E-state index in [0.29, 0.717) is 35.4 Å². The summed E-state index contributed by atoms with van der Waals surface area (Å²) in [5.41, 5.74) is 2.82. The van der Waals surface area contributed by atoms with E-state index in [0.717, 1.165) is 17.5 Å². The van der Waals surface area contributed by atoms with Crippen LogP contribution in [0.15, 0.2) is 42.5 Å². The van der Waals surface area contributed by atoms with Crippen LogP contribution >= 0.6 is 23.2 Å². The third kappa shape index (κ3) is 3.87. The highest BCUT2D eigenvalue weighted by Gasteiger charge is 2.37. The predicted octanol–water partition coefficient (Wildman–Crippen LogP) is 4.54. The Labute approximate surface area is 170 Å². The van der Waals surface area contributed by atoms with Crippen LogP contribution in [-0.4, -0.2) is 43.3 Å². The summed E-state index contributed by atoms with van der Waals surface area (Å²) in [6.45, 7) is 0.602. The van der Waals surface area contributed by atoms with Gasteiger partial charge in [-0.3, -0.25) is 4.79 Å². The van der Waals surface area contributed by atoms with Gasteiger partial charge in [0.2, 0.25) is 0 Å². The van der Waals surface area contributed by atoms with Gasteiger partial charge in [-0.1, -0.05) is 18.2 Å². The van der Waals surface area contributed by atoms with E-state index in [2.05, 4.69) is 0 Å². The molecule has 1 aliphatic heterocycles. The lowest BCUT2D eigenvalue weighted by molar-refractivity contribution is 0.0607. The number of ether oxygens (including phenoxy) is 2. The lowest BCUT2D eigenvalue weighted by atomic mass is 9.85. The molecule has 0 aliphatic carbocycles. The molecule has 1 heterocycles. The average molecular weight is 408 g/mol. The minimum Gasteiger partial charge on any atom is -0.493 e. The number of hydrogen-bond donors (Lipinski definition) is 0. The van der Waals surface area contributed by atoms with Crippen LogP contribution in [0.3, 0.4) is 0 Å². The number of carbonyl (C=O) groups is 1. The van der Waals surface area contributed by atoms with Crippen LogP contribution in [0.2, 0.25) is 0 Å². The summed E-state index contributed by atoms with van der Waals surface area (Å²) in [7, 11) is 3.23. The van der Waals surface area contributed by atoms with Crippen molar-refractivity contribution in [2.24, 2.45) is 5.92 Å². The van der Waals surface area contributed by atoms with E-state index in [-0.39, 0.29) is 17.9 Å². The molecule has 0 aromatic heterocycles. The quantitative estimate of drug-likeness (QED) is 0.659. The highest BCUT2D eigenvalue weighted by molar-refractivity contribution is 6.21. The number of fused-ring (bicyclic) bond motifs is 1. The third-order valence-electron chi connectivity index (χ3n) is 5.05. The summed E-state index contributed by atoms with van der Waals surface area (Å²) in [5.74, 6) is 1.96. The number of alkyl halides is 2. The van der Waals surface area contributed by atoms with Gasteiger partial charge in [0.25, 0.3) is 5.91 Å². The Morgan fingerprint density at radius 3 is 2.33 bits per heavy atom. The van der Waals surface area contributed by atoms with Gasteiger partial charge in [-0.15, -0.1) is 23.2 Å². The van der Waals surface area contributed by atoms with Gasteiger partial charge in [0.1, 0.15) is 0 Å². The molecule has 1 unspecified atom stereocenters. The van der Waals surface area contributed by atoms with Gasteiger partial charge in [-0.25, -0.2) is 0 Å². The van der Waals surface area contributed by atoms with E-state index in [9.17, 15) is 4.79 Å². The van der Waals surface area contributed by atoms with Crippen molar-refractivity contribution in [1.29, 1.82) is 0 Å². The van der Waals surface area contributed by atoms with Gasteiger partial charge in [0.15, 0.2) is 11.5 Å². The van der Waals surface area contributed by atoms with Crippen molar-refractivity contribution in [2.75, 3.05) is 32.5 Å². The zero-order chi connectivity index (χ0) is 19.4. The summed E-state index contributed by atoms with van der Waals surface area (Å²) in [5, 5.41) is 0. The van der Waals surface area contributed by atoms with Gasteiger partial charge in [0, 0.05) is 29.8 Å². The first-order chi connectivity index (χ1) is 13.1. The maximum Gasteiger partial charge on any atom is 0.254 e. The first-order valence-electron chi connectivity index (χ1n) is 8.87. The highest BCUT2D eigenvalue weighted by atomic mass is 35.5. The average Bonchev–Trinajstić information content (AvgIpc) is 2.73. The van der Waals surface area contributed by atoms with Crippen molar-refractivity contribution in [3.63, 3.8) is 0 Å². The molecule has 27 heavy (non-hydrogen) atoms. The van der Waals surface area contributed by atoms with Crippen molar-refractivity contribution in [2.45, 2.75) is 12.5 Å². The molecule has 1 aliphatic rings. The molecule has 0 saturated carbocycles. The maximum atomic E-state index is 13.2. The lowest BCUT2D eigenvalue weighted by Gasteiger charge is -2.41. The Hall–Kier alpha value is -1.91. The molecule has 0 N–H and O–H groups in total. The standard InChI is InChI=1S/C21H23Cl2NO3/c1-26-18-10-15-8-9-24(21(25)14-6-4-3-5-7-14)20(16(12-22)13-23)17(15)11-19(18)27-2/h3-7,10-11,16,20H,8-9,12-13H2,1-2H3. The molecule has 0 saturated heterocycles. The van der Waals surface area contributed by atoms with E-state index < -0.39 is 0 Å². The molecule has 1 amide bonds. The highest BCUT2D eigenvalue weighted by Crippen LogP contribution is 2.42. The summed E-state index contributed by atoms with van der Waals surface area (Å²) in [6, 6.07) is 13.0. The summed E-state index contributed by atoms with van der Waals surface area (Å²) in [4.78, 5) is 15.1. The normalized spacial score (nSPS) is 16.2. The van der Waals surface area contributed by atoms with Crippen LogP contribution < -0.4 is 9.47 Å². The van der Waals surface area contributed by atoms with E-state index in [4.69, 9.17) is 32.7 Å². The molecule has 3 rings (SSSR count). The van der Waals surface area contributed by atoms with Gasteiger partial charge >= 0.3 is 0 Å². The summed E-state index contributed by atoms with van der Waals surface area (Å²) in [6.07, 6.45) is 0.738. The molecule has 0 fully saturated rings. The first kappa shape index (κ1) is 19.8. The van der Waals surface area contributed by atoms with Gasteiger partial charge in [0.05, 0.1) is 20.3 Å². The van der Waals surface area contributed by atoms with Crippen molar-refractivity contribution in [3.05, 3.63) is 59.2 Å². The smallest absolute Gasteiger partial charge is 0.254 e. The Kier molecular flexibility index (Phi) is 6.51. The minimum atomic E-state index is -0.212. The fraction of sp³-hybridized carbons (Fsp3) is 0.381. The molecule has 2 aromatic rings. The van der Waals surface area contributed by atoms with E-state index >= 15 is 0 Å². The van der Waals surface area contributed by atoms with E-state index in [1.807, 2.05) is 47.4 Å². The molecule has 2 aromatic carbocycles. The van der Waals surface area contributed by atoms with Gasteiger partial charge in [-0.05, 0) is 41.8 Å². The molecule has 6 heteroatoms. The minimum absolute atomic E-state index is 0.0127. The van der Waals surface area contributed by atoms with Crippen LogP contribution in [0.1, 0.15) is 27.5 Å². The second-order valence-electron chi connectivity index (χ2n) is 6.53. The summed E-state index contributed by atoms with van der Waals surface area (Å²) >= 11 is 12.5. The molecule has 0 bridgehead atoms. The molecule has 0 radical (unpaired) electrons. The van der Waals surface area contributed by atoms with Crippen LogP contribution in [-0.2, 0) is 6.42 Å². The number of hydrogen-bond acceptors (Lipinski definition) is 3. The number of methoxy groups -OCH3 is 2. The van der Waals surface area contributed by atoms with E-state index in [1.54, 1.807) is 14.2 Å². The number of halogens is 2. The SMILES string of the molecule is COc1cc2c(cc1OC)C(C(CCl)CCl)N(C(=O)c1ccccc1)CC2. The zero-order valence-corrected chi connectivity index (χ0v) is 17.0. The van der Waals surface area contributed by atoms with Gasteiger partial charge < -0.3 is 14.4 Å². The Bertz CT molecular complexity index is 794. The third-order valence-corrected chi connectivity index (χ3v) is 5.84. The second-order valence-corrected chi connectivity index (χ2v) is 7.15. The number of rotatable bonds is 6. The van der Waals surface area contributed by atoms with Crippen molar-refractivity contribution in [3.8, 4) is 11.5 Å². The fourth-order valence-electron chi connectivity index (χ4n) is 3.67. The number of amides is 1. The molecule has 144 valence electrons. The molecule has 0 spiro atoms.